The van der Waals surface area contributed by atoms with Crippen molar-refractivity contribution < 1.29 is 14.3 Å². The van der Waals surface area contributed by atoms with Crippen LogP contribution in [0.2, 0.25) is 0 Å². The van der Waals surface area contributed by atoms with Crippen LogP contribution in [0.5, 0.6) is 0 Å². The molecule has 0 radical (unpaired) electrons. The molecule has 0 fully saturated rings. The monoisotopic (exact) mass is 298 g/mol. The molecule has 110 valence electrons. The van der Waals surface area contributed by atoms with Crippen LogP contribution in [0.3, 0.4) is 0 Å². The summed E-state index contributed by atoms with van der Waals surface area (Å²) in [7, 11) is 1.30. The predicted octanol–water partition coefficient (Wildman–Crippen LogP) is 1.76. The van der Waals surface area contributed by atoms with Gasteiger partial charge in [-0.3, -0.25) is 4.79 Å². The van der Waals surface area contributed by atoms with Crippen LogP contribution < -0.4 is 10.6 Å². The number of benzene rings is 1. The highest BCUT2D eigenvalue weighted by atomic mass is 35.5. The van der Waals surface area contributed by atoms with Crippen molar-refractivity contribution in [2.45, 2.75) is 25.8 Å². The standard InChI is InChI=1S/C14H18N2O3.ClH/c1-9(14(18)19-2)16-13(17)11-5-3-7-12-10(11)6-4-8-15-12;/h3,5,7,9,15H,4,6,8H2,1-2H3,(H,16,17);1H/t9-;/m0./s1. The lowest BCUT2D eigenvalue weighted by molar-refractivity contribution is -0.142. The lowest BCUT2D eigenvalue weighted by Gasteiger charge is -2.21. The van der Waals surface area contributed by atoms with Crippen molar-refractivity contribution in [3.05, 3.63) is 29.3 Å². The molecule has 0 saturated heterocycles. The molecule has 2 rings (SSSR count). The van der Waals surface area contributed by atoms with Gasteiger partial charge < -0.3 is 15.4 Å². The number of anilines is 1. The maximum absolute atomic E-state index is 12.2. The van der Waals surface area contributed by atoms with Gasteiger partial charge in [-0.05, 0) is 37.5 Å². The van der Waals surface area contributed by atoms with Crippen LogP contribution in [-0.2, 0) is 16.0 Å². The summed E-state index contributed by atoms with van der Waals surface area (Å²) < 4.78 is 4.60. The highest BCUT2D eigenvalue weighted by molar-refractivity contribution is 5.99. The first-order chi connectivity index (χ1) is 9.13. The molecular formula is C14H19ClN2O3. The molecule has 0 aromatic heterocycles. The van der Waals surface area contributed by atoms with Gasteiger partial charge in [0.25, 0.3) is 5.91 Å². The Morgan fingerprint density at radius 2 is 2.15 bits per heavy atom. The van der Waals surface area contributed by atoms with E-state index in [1.54, 1.807) is 13.0 Å². The second-order valence-electron chi connectivity index (χ2n) is 4.58. The molecule has 0 spiro atoms. The van der Waals surface area contributed by atoms with Gasteiger partial charge in [0.15, 0.2) is 0 Å². The zero-order valence-corrected chi connectivity index (χ0v) is 12.4. The molecule has 6 heteroatoms. The molecule has 0 saturated carbocycles. The maximum atomic E-state index is 12.2. The molecule has 0 aliphatic carbocycles. The quantitative estimate of drug-likeness (QED) is 0.835. The number of rotatable bonds is 3. The highest BCUT2D eigenvalue weighted by Crippen LogP contribution is 2.25. The number of methoxy groups -OCH3 is 1. The van der Waals surface area contributed by atoms with Gasteiger partial charge in [-0.25, -0.2) is 4.79 Å². The van der Waals surface area contributed by atoms with E-state index in [0.29, 0.717) is 5.56 Å². The van der Waals surface area contributed by atoms with Gasteiger partial charge in [-0.1, -0.05) is 6.07 Å². The molecule has 1 aromatic carbocycles. The molecule has 1 atom stereocenters. The van der Waals surface area contributed by atoms with E-state index >= 15 is 0 Å². The van der Waals surface area contributed by atoms with Gasteiger partial charge >= 0.3 is 5.97 Å². The Kier molecular flexibility index (Phi) is 5.82. The number of amides is 1. The fourth-order valence-electron chi connectivity index (χ4n) is 2.23. The Balaban J connectivity index is 0.00000200. The number of ether oxygens (including phenoxy) is 1. The van der Waals surface area contributed by atoms with Gasteiger partial charge in [-0.2, -0.15) is 0 Å². The third-order valence-electron chi connectivity index (χ3n) is 3.24. The van der Waals surface area contributed by atoms with Gasteiger partial charge in [0.2, 0.25) is 0 Å². The van der Waals surface area contributed by atoms with E-state index < -0.39 is 12.0 Å². The zero-order chi connectivity index (χ0) is 13.8. The predicted molar refractivity (Wildman–Crippen MR) is 79.4 cm³/mol. The number of nitrogens with one attached hydrogen (secondary N) is 2. The van der Waals surface area contributed by atoms with Crippen LogP contribution >= 0.6 is 12.4 Å². The fourth-order valence-corrected chi connectivity index (χ4v) is 2.23. The molecular weight excluding hydrogens is 280 g/mol. The summed E-state index contributed by atoms with van der Waals surface area (Å²) in [4.78, 5) is 23.5. The molecule has 1 aliphatic rings. The number of esters is 1. The molecule has 0 bridgehead atoms. The van der Waals surface area contributed by atoms with Crippen LogP contribution in [0, 0.1) is 0 Å². The maximum Gasteiger partial charge on any atom is 0.328 e. The van der Waals surface area contributed by atoms with Gasteiger partial charge in [-0.15, -0.1) is 12.4 Å². The second-order valence-corrected chi connectivity index (χ2v) is 4.58. The normalized spacial score (nSPS) is 14.1. The fraction of sp³-hybridized carbons (Fsp3) is 0.429. The third-order valence-corrected chi connectivity index (χ3v) is 3.24. The Morgan fingerprint density at radius 1 is 1.40 bits per heavy atom. The molecule has 1 amide bonds. The summed E-state index contributed by atoms with van der Waals surface area (Å²) in [5.41, 5.74) is 2.65. The van der Waals surface area contributed by atoms with E-state index in [9.17, 15) is 9.59 Å². The lowest BCUT2D eigenvalue weighted by Crippen LogP contribution is -2.39. The summed E-state index contributed by atoms with van der Waals surface area (Å²) in [6, 6.07) is 4.94. The summed E-state index contributed by atoms with van der Waals surface area (Å²) in [5, 5.41) is 5.93. The zero-order valence-electron chi connectivity index (χ0n) is 11.6. The second kappa shape index (κ2) is 7.14. The number of hydrogen-bond acceptors (Lipinski definition) is 4. The average Bonchev–Trinajstić information content (AvgIpc) is 2.45. The average molecular weight is 299 g/mol. The van der Waals surface area contributed by atoms with Crippen molar-refractivity contribution in [2.75, 3.05) is 19.0 Å². The van der Waals surface area contributed by atoms with E-state index in [-0.39, 0.29) is 18.3 Å². The summed E-state index contributed by atoms with van der Waals surface area (Å²) in [6.07, 6.45) is 1.88. The summed E-state index contributed by atoms with van der Waals surface area (Å²) >= 11 is 0. The summed E-state index contributed by atoms with van der Waals surface area (Å²) in [5.74, 6) is -0.685. The SMILES string of the molecule is COC(=O)[C@H](C)NC(=O)c1cccc2c1CCCN2.Cl. The van der Waals surface area contributed by atoms with Crippen LogP contribution in [-0.4, -0.2) is 31.6 Å². The smallest absolute Gasteiger partial charge is 0.328 e. The summed E-state index contributed by atoms with van der Waals surface area (Å²) in [6.45, 7) is 2.54. The van der Waals surface area contributed by atoms with Crippen molar-refractivity contribution in [1.82, 2.24) is 5.32 Å². The minimum Gasteiger partial charge on any atom is -0.467 e. The van der Waals surface area contributed by atoms with E-state index in [2.05, 4.69) is 15.4 Å². The van der Waals surface area contributed by atoms with E-state index in [4.69, 9.17) is 0 Å². The van der Waals surface area contributed by atoms with E-state index in [0.717, 1.165) is 30.6 Å². The molecule has 20 heavy (non-hydrogen) atoms. The first-order valence-corrected chi connectivity index (χ1v) is 6.38. The van der Waals surface area contributed by atoms with Crippen molar-refractivity contribution >= 4 is 30.0 Å². The number of carbonyl (C=O) groups is 2. The molecule has 0 unspecified atom stereocenters. The topological polar surface area (TPSA) is 67.4 Å². The lowest BCUT2D eigenvalue weighted by atomic mass is 9.97. The molecule has 2 N–H and O–H groups in total. The Bertz CT molecular complexity index is 505. The van der Waals surface area contributed by atoms with E-state index in [1.165, 1.54) is 7.11 Å². The van der Waals surface area contributed by atoms with E-state index in [1.807, 2.05) is 12.1 Å². The third kappa shape index (κ3) is 3.42. The number of hydrogen-bond donors (Lipinski definition) is 2. The Hall–Kier alpha value is -1.75. The number of carbonyl (C=O) groups excluding carboxylic acids is 2. The van der Waals surface area contributed by atoms with Gasteiger partial charge in [0, 0.05) is 17.8 Å². The molecule has 5 nitrogen and oxygen atoms in total. The number of halogens is 1. The molecule has 1 heterocycles. The van der Waals surface area contributed by atoms with Crippen LogP contribution in [0.4, 0.5) is 5.69 Å². The highest BCUT2D eigenvalue weighted by Gasteiger charge is 2.21. The first kappa shape index (κ1) is 16.3. The van der Waals surface area contributed by atoms with Crippen molar-refractivity contribution in [1.29, 1.82) is 0 Å². The number of fused-ring (bicyclic) bond motifs is 1. The minimum atomic E-state index is -0.648. The van der Waals surface area contributed by atoms with Crippen LogP contribution in [0.25, 0.3) is 0 Å². The van der Waals surface area contributed by atoms with Crippen molar-refractivity contribution in [2.24, 2.45) is 0 Å². The Labute approximate surface area is 124 Å². The minimum absolute atomic E-state index is 0. The largest absolute Gasteiger partial charge is 0.467 e. The van der Waals surface area contributed by atoms with Crippen LogP contribution in [0.15, 0.2) is 18.2 Å². The van der Waals surface area contributed by atoms with Gasteiger partial charge in [0.05, 0.1) is 7.11 Å². The molecule has 1 aliphatic heterocycles. The van der Waals surface area contributed by atoms with Crippen molar-refractivity contribution in [3.8, 4) is 0 Å². The Morgan fingerprint density at radius 3 is 2.85 bits per heavy atom. The van der Waals surface area contributed by atoms with Crippen molar-refractivity contribution in [3.63, 3.8) is 0 Å². The molecule has 1 aromatic rings. The van der Waals surface area contributed by atoms with Crippen LogP contribution in [0.1, 0.15) is 29.3 Å². The van der Waals surface area contributed by atoms with Gasteiger partial charge in [0.1, 0.15) is 6.04 Å². The first-order valence-electron chi connectivity index (χ1n) is 6.38.